The molecule has 0 spiro atoms. The molecule has 2 heterocycles. The molecule has 0 amide bonds. The largest absolute Gasteiger partial charge is 0.384 e. The highest BCUT2D eigenvalue weighted by Gasteiger charge is 2.18. The van der Waals surface area contributed by atoms with Crippen molar-refractivity contribution in [2.24, 2.45) is 0 Å². The molecule has 0 radical (unpaired) electrons. The summed E-state index contributed by atoms with van der Waals surface area (Å²) < 4.78 is 6.71. The van der Waals surface area contributed by atoms with Crippen molar-refractivity contribution in [1.29, 1.82) is 0 Å². The number of carbonyl (C=O) groups excluding carboxylic acids is 1. The number of fused-ring (bicyclic) bond motifs is 1. The zero-order chi connectivity index (χ0) is 22.0. The van der Waals surface area contributed by atoms with E-state index in [4.69, 9.17) is 9.72 Å². The molecular weight excluding hydrogens is 408 g/mol. The summed E-state index contributed by atoms with van der Waals surface area (Å²) >= 11 is 1.49. The normalized spacial score (nSPS) is 11.2. The Labute approximate surface area is 185 Å². The lowest BCUT2D eigenvalue weighted by molar-refractivity contribution is 0.0968. The molecule has 158 valence electrons. The molecule has 2 aromatic heterocycles. The molecule has 4 rings (SSSR count). The van der Waals surface area contributed by atoms with Crippen molar-refractivity contribution in [3.63, 3.8) is 0 Å². The summed E-state index contributed by atoms with van der Waals surface area (Å²) in [6, 6.07) is 17.4. The van der Waals surface area contributed by atoms with Crippen LogP contribution in [0.15, 0.2) is 59.4 Å². The van der Waals surface area contributed by atoms with E-state index in [-0.39, 0.29) is 17.9 Å². The Hall–Kier alpha value is -3.09. The molecule has 0 unspecified atom stereocenters. The van der Waals surface area contributed by atoms with Gasteiger partial charge >= 0.3 is 0 Å². The average molecular weight is 433 g/mol. The third kappa shape index (κ3) is 4.36. The van der Waals surface area contributed by atoms with Crippen LogP contribution in [0.4, 0.5) is 0 Å². The zero-order valence-corrected chi connectivity index (χ0v) is 18.7. The molecule has 0 aliphatic rings. The maximum Gasteiger partial charge on any atom is 0.262 e. The van der Waals surface area contributed by atoms with E-state index >= 15 is 0 Å². The average Bonchev–Trinajstić information content (AvgIpc) is 3.21. The van der Waals surface area contributed by atoms with E-state index in [9.17, 15) is 9.59 Å². The highest BCUT2D eigenvalue weighted by Crippen LogP contribution is 2.31. The fourth-order valence-corrected chi connectivity index (χ4v) is 4.55. The second-order valence-electron chi connectivity index (χ2n) is 7.58. The minimum Gasteiger partial charge on any atom is -0.384 e. The van der Waals surface area contributed by atoms with Crippen molar-refractivity contribution in [1.82, 2.24) is 9.55 Å². The van der Waals surface area contributed by atoms with Gasteiger partial charge in [-0.1, -0.05) is 42.5 Å². The molecule has 0 aliphatic heterocycles. The van der Waals surface area contributed by atoms with Crippen LogP contribution >= 0.6 is 11.3 Å². The van der Waals surface area contributed by atoms with E-state index in [1.807, 2.05) is 68.4 Å². The number of hydrogen-bond donors (Lipinski definition) is 0. The Morgan fingerprint density at radius 1 is 1.06 bits per heavy atom. The van der Waals surface area contributed by atoms with E-state index in [1.165, 1.54) is 15.9 Å². The van der Waals surface area contributed by atoms with Gasteiger partial charge in [-0.3, -0.25) is 14.2 Å². The predicted molar refractivity (Wildman–Crippen MR) is 125 cm³/mol. The number of rotatable bonds is 7. The van der Waals surface area contributed by atoms with Crippen molar-refractivity contribution in [2.75, 3.05) is 13.7 Å². The Balaban J connectivity index is 1.78. The van der Waals surface area contributed by atoms with Crippen LogP contribution in [0.2, 0.25) is 0 Å². The van der Waals surface area contributed by atoms with Gasteiger partial charge in [0.2, 0.25) is 0 Å². The molecule has 0 fully saturated rings. The Kier molecular flexibility index (Phi) is 6.11. The van der Waals surface area contributed by atoms with Gasteiger partial charge < -0.3 is 4.74 Å². The van der Waals surface area contributed by atoms with Gasteiger partial charge in [-0.15, -0.1) is 11.3 Å². The van der Waals surface area contributed by atoms with Gasteiger partial charge in [0.15, 0.2) is 5.78 Å². The van der Waals surface area contributed by atoms with Gasteiger partial charge in [-0.25, -0.2) is 4.98 Å². The van der Waals surface area contributed by atoms with E-state index < -0.39 is 0 Å². The van der Waals surface area contributed by atoms with Crippen LogP contribution < -0.4 is 5.56 Å². The molecular formula is C25H24N2O3S. The molecule has 0 saturated heterocycles. The van der Waals surface area contributed by atoms with Crippen molar-refractivity contribution in [3.05, 3.63) is 87.5 Å². The van der Waals surface area contributed by atoms with Gasteiger partial charge in [0.1, 0.15) is 10.7 Å². The number of aryl methyl sites for hydroxylation is 2. The Morgan fingerprint density at radius 2 is 1.84 bits per heavy atom. The van der Waals surface area contributed by atoms with E-state index in [2.05, 4.69) is 0 Å². The SMILES string of the molecule is COCCc1nc2sc(-c3ccccc3)cc2c(=O)n1CC(=O)c1ccc(C)c(C)c1. The monoisotopic (exact) mass is 432 g/mol. The van der Waals surface area contributed by atoms with E-state index in [0.29, 0.717) is 34.6 Å². The standard InChI is InChI=1S/C25H24N2O3S/c1-16-9-10-19(13-17(16)2)21(28)15-27-23(11-12-30-3)26-24-20(25(27)29)14-22(31-24)18-7-5-4-6-8-18/h4-10,13-14H,11-12,15H2,1-3H3. The van der Waals surface area contributed by atoms with E-state index in [1.54, 1.807) is 7.11 Å². The van der Waals surface area contributed by atoms with Crippen molar-refractivity contribution in [3.8, 4) is 10.4 Å². The Bertz CT molecular complexity index is 1310. The molecule has 31 heavy (non-hydrogen) atoms. The van der Waals surface area contributed by atoms with Crippen LogP contribution in [-0.4, -0.2) is 29.1 Å². The second-order valence-corrected chi connectivity index (χ2v) is 8.61. The van der Waals surface area contributed by atoms with E-state index in [0.717, 1.165) is 21.6 Å². The van der Waals surface area contributed by atoms with Crippen LogP contribution in [0, 0.1) is 13.8 Å². The van der Waals surface area contributed by atoms with Crippen molar-refractivity contribution >= 4 is 27.3 Å². The number of thiophene rings is 1. The molecule has 5 nitrogen and oxygen atoms in total. The smallest absolute Gasteiger partial charge is 0.262 e. The first-order valence-electron chi connectivity index (χ1n) is 10.2. The summed E-state index contributed by atoms with van der Waals surface area (Å²) in [6.07, 6.45) is 0.459. The number of benzene rings is 2. The molecule has 4 aromatic rings. The number of aromatic nitrogens is 2. The van der Waals surface area contributed by atoms with Crippen LogP contribution in [0.1, 0.15) is 27.3 Å². The summed E-state index contributed by atoms with van der Waals surface area (Å²) in [6.45, 7) is 4.37. The summed E-state index contributed by atoms with van der Waals surface area (Å²) in [5.41, 5.74) is 3.64. The lowest BCUT2D eigenvalue weighted by Gasteiger charge is -2.12. The van der Waals surface area contributed by atoms with Crippen molar-refractivity contribution < 1.29 is 9.53 Å². The number of ether oxygens (including phenoxy) is 1. The van der Waals surface area contributed by atoms with Crippen LogP contribution in [0.25, 0.3) is 20.7 Å². The van der Waals surface area contributed by atoms with Crippen molar-refractivity contribution in [2.45, 2.75) is 26.8 Å². The number of nitrogens with zero attached hydrogens (tertiary/aromatic N) is 2. The third-order valence-electron chi connectivity index (χ3n) is 5.45. The summed E-state index contributed by atoms with van der Waals surface area (Å²) in [4.78, 5) is 32.8. The molecule has 0 atom stereocenters. The first-order valence-corrected chi connectivity index (χ1v) is 11.0. The summed E-state index contributed by atoms with van der Waals surface area (Å²) in [5.74, 6) is 0.460. The van der Waals surface area contributed by atoms with Crippen LogP contribution in [0.3, 0.4) is 0 Å². The minimum absolute atomic E-state index is 0.0418. The topological polar surface area (TPSA) is 61.2 Å². The highest BCUT2D eigenvalue weighted by molar-refractivity contribution is 7.21. The molecule has 2 aromatic carbocycles. The number of hydrogen-bond acceptors (Lipinski definition) is 5. The van der Waals surface area contributed by atoms with Crippen LogP contribution in [-0.2, 0) is 17.7 Å². The minimum atomic E-state index is -0.188. The van der Waals surface area contributed by atoms with Gasteiger partial charge in [0.05, 0.1) is 18.5 Å². The fraction of sp³-hybridized carbons (Fsp3) is 0.240. The lowest BCUT2D eigenvalue weighted by atomic mass is 10.0. The molecule has 0 saturated carbocycles. The van der Waals surface area contributed by atoms with Gasteiger partial charge in [0, 0.05) is 24.0 Å². The second kappa shape index (κ2) is 8.96. The summed E-state index contributed by atoms with van der Waals surface area (Å²) in [5, 5.41) is 0.540. The Morgan fingerprint density at radius 3 is 2.55 bits per heavy atom. The van der Waals surface area contributed by atoms with Crippen LogP contribution in [0.5, 0.6) is 0 Å². The molecule has 0 aliphatic carbocycles. The molecule has 0 bridgehead atoms. The highest BCUT2D eigenvalue weighted by atomic mass is 32.1. The number of ketones is 1. The van der Waals surface area contributed by atoms with Gasteiger partial charge in [-0.2, -0.15) is 0 Å². The zero-order valence-electron chi connectivity index (χ0n) is 17.8. The predicted octanol–water partition coefficient (Wildman–Crippen LogP) is 4.81. The fourth-order valence-electron chi connectivity index (χ4n) is 3.50. The maximum atomic E-state index is 13.4. The number of methoxy groups -OCH3 is 1. The first kappa shape index (κ1) is 21.2. The lowest BCUT2D eigenvalue weighted by Crippen LogP contribution is -2.29. The molecule has 0 N–H and O–H groups in total. The van der Waals surface area contributed by atoms with Gasteiger partial charge in [-0.05, 0) is 42.7 Å². The quantitative estimate of drug-likeness (QED) is 0.393. The third-order valence-corrected chi connectivity index (χ3v) is 6.53. The summed E-state index contributed by atoms with van der Waals surface area (Å²) in [7, 11) is 1.61. The molecule has 6 heteroatoms. The number of Topliss-reactive ketones (excluding diaryl/α,β-unsaturated/α-hetero) is 1. The number of carbonyl (C=O) groups is 1. The van der Waals surface area contributed by atoms with Gasteiger partial charge in [0.25, 0.3) is 5.56 Å². The first-order chi connectivity index (χ1) is 15.0. The maximum absolute atomic E-state index is 13.4.